The number of nitrogens with zero attached hydrogens (tertiary/aromatic N) is 2. The van der Waals surface area contributed by atoms with Crippen LogP contribution in [0.5, 0.6) is 0 Å². The predicted octanol–water partition coefficient (Wildman–Crippen LogP) is 2.23. The van der Waals surface area contributed by atoms with Crippen molar-refractivity contribution in [2.75, 3.05) is 31.7 Å². The van der Waals surface area contributed by atoms with Gasteiger partial charge in [-0.25, -0.2) is 4.98 Å². The van der Waals surface area contributed by atoms with E-state index < -0.39 is 0 Å². The van der Waals surface area contributed by atoms with Gasteiger partial charge in [0.25, 0.3) is 0 Å². The molecule has 1 aliphatic heterocycles. The molecule has 1 atom stereocenters. The zero-order chi connectivity index (χ0) is 13.1. The van der Waals surface area contributed by atoms with Gasteiger partial charge in [-0.3, -0.25) is 0 Å². The normalized spacial score (nSPS) is 20.1. The van der Waals surface area contributed by atoms with E-state index in [1.807, 2.05) is 0 Å². The van der Waals surface area contributed by atoms with Crippen molar-refractivity contribution in [2.24, 2.45) is 5.92 Å². The lowest BCUT2D eigenvalue weighted by atomic mass is 10.1. The van der Waals surface area contributed by atoms with Gasteiger partial charge in [0.15, 0.2) is 5.13 Å². The van der Waals surface area contributed by atoms with Gasteiger partial charge in [-0.15, -0.1) is 0 Å². The predicted molar refractivity (Wildman–Crippen MR) is 74.3 cm³/mol. The summed E-state index contributed by atoms with van der Waals surface area (Å²) in [6, 6.07) is 0. The second-order valence-electron chi connectivity index (χ2n) is 5.17. The number of methoxy groups -OCH3 is 1. The van der Waals surface area contributed by atoms with Gasteiger partial charge in [0.2, 0.25) is 0 Å². The van der Waals surface area contributed by atoms with Gasteiger partial charge < -0.3 is 14.7 Å². The zero-order valence-corrected chi connectivity index (χ0v) is 12.2. The molecule has 0 saturated carbocycles. The maximum Gasteiger partial charge on any atom is 0.185 e. The number of hydrogen-bond acceptors (Lipinski definition) is 5. The van der Waals surface area contributed by atoms with E-state index >= 15 is 0 Å². The lowest BCUT2D eigenvalue weighted by Crippen LogP contribution is -2.20. The maximum atomic E-state index is 9.39. The van der Waals surface area contributed by atoms with Crippen LogP contribution in [0, 0.1) is 5.92 Å². The van der Waals surface area contributed by atoms with Gasteiger partial charge in [-0.1, -0.05) is 25.2 Å². The standard InChI is InChI=1S/C13H22N2O2S/c1-9(2)12-11(7-16)18-13(14-12)15-5-4-10(6-15)8-17-3/h9-10,16H,4-8H2,1-3H3. The first-order valence-corrected chi connectivity index (χ1v) is 7.31. The zero-order valence-electron chi connectivity index (χ0n) is 11.3. The smallest absolute Gasteiger partial charge is 0.185 e. The van der Waals surface area contributed by atoms with E-state index in [4.69, 9.17) is 9.72 Å². The number of aromatic nitrogens is 1. The molecule has 2 heterocycles. The van der Waals surface area contributed by atoms with Crippen LogP contribution in [-0.2, 0) is 11.3 Å². The van der Waals surface area contributed by atoms with Gasteiger partial charge in [0, 0.05) is 26.1 Å². The molecule has 0 aliphatic carbocycles. The summed E-state index contributed by atoms with van der Waals surface area (Å²) in [4.78, 5) is 8.03. The number of hydrogen-bond donors (Lipinski definition) is 1. The average Bonchev–Trinajstić information content (AvgIpc) is 2.94. The summed E-state index contributed by atoms with van der Waals surface area (Å²) in [7, 11) is 1.76. The molecule has 18 heavy (non-hydrogen) atoms. The molecule has 1 aliphatic rings. The molecule has 0 bridgehead atoms. The molecule has 5 heteroatoms. The molecular weight excluding hydrogens is 248 g/mol. The highest BCUT2D eigenvalue weighted by Crippen LogP contribution is 2.33. The van der Waals surface area contributed by atoms with Crippen molar-refractivity contribution >= 4 is 16.5 Å². The van der Waals surface area contributed by atoms with Crippen LogP contribution < -0.4 is 4.90 Å². The highest BCUT2D eigenvalue weighted by Gasteiger charge is 2.26. The molecule has 4 nitrogen and oxygen atoms in total. The van der Waals surface area contributed by atoms with Gasteiger partial charge in [-0.2, -0.15) is 0 Å². The van der Waals surface area contributed by atoms with Crippen molar-refractivity contribution in [2.45, 2.75) is 32.8 Å². The first-order chi connectivity index (χ1) is 8.65. The summed E-state index contributed by atoms with van der Waals surface area (Å²) < 4.78 is 5.21. The number of aliphatic hydroxyl groups excluding tert-OH is 1. The molecule has 1 N–H and O–H groups in total. The largest absolute Gasteiger partial charge is 0.391 e. The highest BCUT2D eigenvalue weighted by atomic mass is 32.1. The Bertz CT molecular complexity index is 392. The summed E-state index contributed by atoms with van der Waals surface area (Å²) in [5, 5.41) is 10.4. The number of ether oxygens (including phenoxy) is 1. The Kier molecular flexibility index (Phi) is 4.59. The van der Waals surface area contributed by atoms with Crippen molar-refractivity contribution in [3.8, 4) is 0 Å². The molecule has 0 amide bonds. The van der Waals surface area contributed by atoms with Gasteiger partial charge in [0.05, 0.1) is 23.8 Å². The number of aliphatic hydroxyl groups is 1. The van der Waals surface area contributed by atoms with E-state index in [1.165, 1.54) is 6.42 Å². The third-order valence-electron chi connectivity index (χ3n) is 3.37. The average molecular weight is 270 g/mol. The van der Waals surface area contributed by atoms with Crippen LogP contribution in [-0.4, -0.2) is 36.9 Å². The van der Waals surface area contributed by atoms with E-state index in [1.54, 1.807) is 18.4 Å². The Hall–Kier alpha value is -0.650. The molecule has 0 radical (unpaired) electrons. The van der Waals surface area contributed by atoms with E-state index in [0.29, 0.717) is 11.8 Å². The fourth-order valence-corrected chi connectivity index (χ4v) is 3.54. The third kappa shape index (κ3) is 2.84. The lowest BCUT2D eigenvalue weighted by Gasteiger charge is -2.14. The fraction of sp³-hybridized carbons (Fsp3) is 0.769. The fourth-order valence-electron chi connectivity index (χ4n) is 2.43. The molecule has 1 aromatic heterocycles. The minimum atomic E-state index is 0.0977. The summed E-state index contributed by atoms with van der Waals surface area (Å²) in [6.07, 6.45) is 1.17. The van der Waals surface area contributed by atoms with E-state index in [2.05, 4.69) is 18.7 Å². The number of anilines is 1. The second kappa shape index (κ2) is 5.99. The van der Waals surface area contributed by atoms with E-state index in [0.717, 1.165) is 35.4 Å². The highest BCUT2D eigenvalue weighted by molar-refractivity contribution is 7.15. The van der Waals surface area contributed by atoms with Crippen molar-refractivity contribution in [3.63, 3.8) is 0 Å². The first kappa shape index (κ1) is 13.8. The summed E-state index contributed by atoms with van der Waals surface area (Å²) >= 11 is 1.63. The minimum Gasteiger partial charge on any atom is -0.391 e. The summed E-state index contributed by atoms with van der Waals surface area (Å²) in [5.74, 6) is 0.980. The molecule has 2 rings (SSSR count). The van der Waals surface area contributed by atoms with Crippen LogP contribution >= 0.6 is 11.3 Å². The molecule has 0 spiro atoms. The first-order valence-electron chi connectivity index (χ1n) is 6.50. The van der Waals surface area contributed by atoms with E-state index in [-0.39, 0.29) is 6.61 Å². The summed E-state index contributed by atoms with van der Waals surface area (Å²) in [6.45, 7) is 7.23. The number of rotatable bonds is 5. The van der Waals surface area contributed by atoms with Crippen molar-refractivity contribution in [1.29, 1.82) is 0 Å². The minimum absolute atomic E-state index is 0.0977. The Labute approximate surface area is 113 Å². The monoisotopic (exact) mass is 270 g/mol. The van der Waals surface area contributed by atoms with Crippen LogP contribution in [0.3, 0.4) is 0 Å². The SMILES string of the molecule is COCC1CCN(c2nc(C(C)C)c(CO)s2)C1. The van der Waals surface area contributed by atoms with Crippen LogP contribution in [0.2, 0.25) is 0 Å². The topological polar surface area (TPSA) is 45.6 Å². The van der Waals surface area contributed by atoms with Crippen molar-refractivity contribution in [1.82, 2.24) is 4.98 Å². The van der Waals surface area contributed by atoms with Crippen LogP contribution in [0.15, 0.2) is 0 Å². The Morgan fingerprint density at radius 2 is 2.33 bits per heavy atom. The van der Waals surface area contributed by atoms with Crippen LogP contribution in [0.1, 0.15) is 36.8 Å². The quantitative estimate of drug-likeness (QED) is 0.891. The third-order valence-corrected chi connectivity index (χ3v) is 4.48. The molecule has 102 valence electrons. The molecule has 1 aromatic rings. The van der Waals surface area contributed by atoms with Gasteiger partial charge >= 0.3 is 0 Å². The van der Waals surface area contributed by atoms with Crippen LogP contribution in [0.25, 0.3) is 0 Å². The van der Waals surface area contributed by atoms with Gasteiger partial charge in [-0.05, 0) is 12.3 Å². The van der Waals surface area contributed by atoms with Crippen molar-refractivity contribution in [3.05, 3.63) is 10.6 Å². The van der Waals surface area contributed by atoms with E-state index in [9.17, 15) is 5.11 Å². The lowest BCUT2D eigenvalue weighted by molar-refractivity contribution is 0.161. The Morgan fingerprint density at radius 1 is 1.56 bits per heavy atom. The molecule has 1 saturated heterocycles. The maximum absolute atomic E-state index is 9.39. The molecule has 1 fully saturated rings. The van der Waals surface area contributed by atoms with Crippen LogP contribution in [0.4, 0.5) is 5.13 Å². The second-order valence-corrected chi connectivity index (χ2v) is 6.24. The van der Waals surface area contributed by atoms with Crippen molar-refractivity contribution < 1.29 is 9.84 Å². The molecular formula is C13H22N2O2S. The summed E-state index contributed by atoms with van der Waals surface area (Å²) in [5.41, 5.74) is 1.05. The van der Waals surface area contributed by atoms with Gasteiger partial charge in [0.1, 0.15) is 0 Å². The molecule has 1 unspecified atom stereocenters. The Balaban J connectivity index is 2.10. The Morgan fingerprint density at radius 3 is 2.89 bits per heavy atom. The molecule has 0 aromatic carbocycles. The number of thiazole rings is 1.